The molecule has 0 radical (unpaired) electrons. The summed E-state index contributed by atoms with van der Waals surface area (Å²) in [6, 6.07) is 5.72. The first-order valence-corrected chi connectivity index (χ1v) is 5.43. The Morgan fingerprint density at radius 3 is 2.50 bits per heavy atom. The van der Waals surface area contributed by atoms with Gasteiger partial charge < -0.3 is 15.2 Å². The number of benzene rings is 1. The maximum Gasteiger partial charge on any atom is 0.573 e. The van der Waals surface area contributed by atoms with Gasteiger partial charge in [-0.3, -0.25) is 0 Å². The van der Waals surface area contributed by atoms with E-state index in [0.717, 1.165) is 0 Å². The Balaban J connectivity index is 2.55. The molecule has 1 aromatic carbocycles. The average molecular weight is 263 g/mol. The van der Waals surface area contributed by atoms with Crippen LogP contribution in [0.5, 0.6) is 5.75 Å². The molecule has 0 atom stereocenters. The second-order valence-electron chi connectivity index (χ2n) is 4.61. The van der Waals surface area contributed by atoms with E-state index < -0.39 is 12.0 Å². The van der Waals surface area contributed by atoms with Gasteiger partial charge in [0, 0.05) is 13.1 Å². The Hall–Kier alpha value is -1.27. The summed E-state index contributed by atoms with van der Waals surface area (Å²) in [5.74, 6) is -0.245. The van der Waals surface area contributed by atoms with Crippen LogP contribution >= 0.6 is 0 Å². The fourth-order valence-electron chi connectivity index (χ4n) is 1.37. The lowest BCUT2D eigenvalue weighted by molar-refractivity contribution is -0.274. The quantitative estimate of drug-likeness (QED) is 0.857. The Labute approximate surface area is 104 Å². The van der Waals surface area contributed by atoms with E-state index in [-0.39, 0.29) is 5.75 Å². The van der Waals surface area contributed by atoms with E-state index in [9.17, 15) is 18.3 Å². The minimum atomic E-state index is -4.68. The van der Waals surface area contributed by atoms with Crippen molar-refractivity contribution in [3.8, 4) is 5.75 Å². The van der Waals surface area contributed by atoms with Crippen molar-refractivity contribution in [1.29, 1.82) is 0 Å². The highest BCUT2D eigenvalue weighted by Crippen LogP contribution is 2.23. The molecule has 0 saturated carbocycles. The first kappa shape index (κ1) is 14.8. The largest absolute Gasteiger partial charge is 0.573 e. The highest BCUT2D eigenvalue weighted by atomic mass is 19.4. The predicted octanol–water partition coefficient (Wildman–Crippen LogP) is 2.45. The van der Waals surface area contributed by atoms with Crippen molar-refractivity contribution >= 4 is 0 Å². The maximum absolute atomic E-state index is 12.0. The predicted molar refractivity (Wildman–Crippen MR) is 61.1 cm³/mol. The number of rotatable bonds is 5. The molecule has 0 spiro atoms. The Bertz CT molecular complexity index is 386. The standard InChI is InChI=1S/C12H16F3NO2/c1-11(2,17)8-16-7-9-4-3-5-10(6-9)18-12(13,14)15/h3-6,16-17H,7-8H2,1-2H3. The number of nitrogens with one attached hydrogen (secondary N) is 1. The molecule has 0 bridgehead atoms. The van der Waals surface area contributed by atoms with Crippen LogP contribution in [0.3, 0.4) is 0 Å². The van der Waals surface area contributed by atoms with E-state index in [0.29, 0.717) is 18.7 Å². The summed E-state index contributed by atoms with van der Waals surface area (Å²) in [7, 11) is 0. The molecule has 18 heavy (non-hydrogen) atoms. The minimum absolute atomic E-state index is 0.245. The van der Waals surface area contributed by atoms with Gasteiger partial charge in [0.15, 0.2) is 0 Å². The zero-order valence-corrected chi connectivity index (χ0v) is 10.2. The number of alkyl halides is 3. The Morgan fingerprint density at radius 1 is 1.28 bits per heavy atom. The van der Waals surface area contributed by atoms with Crippen molar-refractivity contribution < 1.29 is 23.0 Å². The van der Waals surface area contributed by atoms with E-state index in [1.54, 1.807) is 19.9 Å². The van der Waals surface area contributed by atoms with Crippen LogP contribution < -0.4 is 10.1 Å². The lowest BCUT2D eigenvalue weighted by Crippen LogP contribution is -2.34. The monoisotopic (exact) mass is 263 g/mol. The molecule has 0 amide bonds. The molecule has 0 heterocycles. The molecule has 3 nitrogen and oxygen atoms in total. The third-order valence-electron chi connectivity index (χ3n) is 2.02. The van der Waals surface area contributed by atoms with Crippen LogP contribution in [0.1, 0.15) is 19.4 Å². The Morgan fingerprint density at radius 2 is 1.94 bits per heavy atom. The summed E-state index contributed by atoms with van der Waals surface area (Å²) in [5.41, 5.74) is -0.207. The topological polar surface area (TPSA) is 41.5 Å². The third kappa shape index (κ3) is 6.46. The van der Waals surface area contributed by atoms with Gasteiger partial charge >= 0.3 is 6.36 Å². The van der Waals surface area contributed by atoms with E-state index in [1.165, 1.54) is 18.2 Å². The molecule has 1 aromatic rings. The molecule has 0 aliphatic rings. The summed E-state index contributed by atoms with van der Waals surface area (Å²) < 4.78 is 39.8. The van der Waals surface area contributed by atoms with Gasteiger partial charge in [-0.15, -0.1) is 13.2 Å². The summed E-state index contributed by atoms with van der Waals surface area (Å²) in [5, 5.41) is 12.4. The van der Waals surface area contributed by atoms with Crippen LogP contribution in [0.15, 0.2) is 24.3 Å². The molecule has 0 aliphatic carbocycles. The lowest BCUT2D eigenvalue weighted by atomic mass is 10.1. The van der Waals surface area contributed by atoms with Crippen molar-refractivity contribution in [3.63, 3.8) is 0 Å². The molecule has 0 unspecified atom stereocenters. The van der Waals surface area contributed by atoms with Gasteiger partial charge in [0.1, 0.15) is 5.75 Å². The smallest absolute Gasteiger partial charge is 0.406 e. The van der Waals surface area contributed by atoms with Gasteiger partial charge in [-0.25, -0.2) is 0 Å². The lowest BCUT2D eigenvalue weighted by Gasteiger charge is -2.17. The van der Waals surface area contributed by atoms with Crippen LogP contribution in [0.25, 0.3) is 0 Å². The molecule has 2 N–H and O–H groups in total. The van der Waals surface area contributed by atoms with E-state index >= 15 is 0 Å². The normalized spacial score (nSPS) is 12.6. The van der Waals surface area contributed by atoms with E-state index in [1.807, 2.05) is 0 Å². The van der Waals surface area contributed by atoms with Crippen molar-refractivity contribution in [2.24, 2.45) is 0 Å². The first-order chi connectivity index (χ1) is 8.16. The fourth-order valence-corrected chi connectivity index (χ4v) is 1.37. The summed E-state index contributed by atoms with van der Waals surface area (Å²) in [4.78, 5) is 0. The molecule has 0 fully saturated rings. The van der Waals surface area contributed by atoms with Crippen molar-refractivity contribution in [2.75, 3.05) is 6.54 Å². The zero-order valence-electron chi connectivity index (χ0n) is 10.2. The molecule has 0 aliphatic heterocycles. The second-order valence-corrected chi connectivity index (χ2v) is 4.61. The summed E-state index contributed by atoms with van der Waals surface area (Å²) in [6.07, 6.45) is -4.68. The van der Waals surface area contributed by atoms with Crippen molar-refractivity contribution in [2.45, 2.75) is 32.4 Å². The van der Waals surface area contributed by atoms with Crippen LogP contribution in [-0.4, -0.2) is 23.6 Å². The van der Waals surface area contributed by atoms with E-state index in [4.69, 9.17) is 0 Å². The molecule has 0 saturated heterocycles. The molecular formula is C12H16F3NO2. The van der Waals surface area contributed by atoms with Gasteiger partial charge in [0.05, 0.1) is 5.60 Å². The average Bonchev–Trinajstić information content (AvgIpc) is 2.13. The summed E-state index contributed by atoms with van der Waals surface area (Å²) in [6.45, 7) is 3.99. The van der Waals surface area contributed by atoms with Crippen molar-refractivity contribution in [1.82, 2.24) is 5.32 Å². The van der Waals surface area contributed by atoms with Gasteiger partial charge in [-0.2, -0.15) is 0 Å². The maximum atomic E-state index is 12.0. The highest BCUT2D eigenvalue weighted by molar-refractivity contribution is 5.28. The number of hydrogen-bond acceptors (Lipinski definition) is 3. The number of hydrogen-bond donors (Lipinski definition) is 2. The number of ether oxygens (including phenoxy) is 1. The van der Waals surface area contributed by atoms with E-state index in [2.05, 4.69) is 10.1 Å². The van der Waals surface area contributed by atoms with Crippen LogP contribution in [-0.2, 0) is 6.54 Å². The van der Waals surface area contributed by atoms with Crippen molar-refractivity contribution in [3.05, 3.63) is 29.8 Å². The van der Waals surface area contributed by atoms with Gasteiger partial charge in [-0.05, 0) is 31.5 Å². The minimum Gasteiger partial charge on any atom is -0.406 e. The fraction of sp³-hybridized carbons (Fsp3) is 0.500. The van der Waals surface area contributed by atoms with Crippen LogP contribution in [0, 0.1) is 0 Å². The Kier molecular flexibility index (Phi) is 4.59. The molecule has 0 aromatic heterocycles. The molecule has 102 valence electrons. The van der Waals surface area contributed by atoms with Crippen LogP contribution in [0.2, 0.25) is 0 Å². The summed E-state index contributed by atoms with van der Waals surface area (Å²) >= 11 is 0. The number of halogens is 3. The highest BCUT2D eigenvalue weighted by Gasteiger charge is 2.31. The second kappa shape index (κ2) is 5.58. The molecular weight excluding hydrogens is 247 g/mol. The first-order valence-electron chi connectivity index (χ1n) is 5.43. The van der Waals surface area contributed by atoms with Gasteiger partial charge in [0.25, 0.3) is 0 Å². The SMILES string of the molecule is CC(C)(O)CNCc1cccc(OC(F)(F)F)c1. The van der Waals surface area contributed by atoms with Gasteiger partial charge in [0.2, 0.25) is 0 Å². The van der Waals surface area contributed by atoms with Gasteiger partial charge in [-0.1, -0.05) is 12.1 Å². The van der Waals surface area contributed by atoms with Crippen LogP contribution in [0.4, 0.5) is 13.2 Å². The molecule has 1 rings (SSSR count). The third-order valence-corrected chi connectivity index (χ3v) is 2.02. The zero-order chi connectivity index (χ0) is 13.8. The molecule has 6 heteroatoms. The number of aliphatic hydroxyl groups is 1.